The van der Waals surface area contributed by atoms with Crippen molar-refractivity contribution < 1.29 is 0 Å². The van der Waals surface area contributed by atoms with Crippen molar-refractivity contribution >= 4 is 23.2 Å². The normalized spacial score (nSPS) is 51.0. The van der Waals surface area contributed by atoms with Crippen LogP contribution in [0.15, 0.2) is 0 Å². The molecule has 0 spiro atoms. The van der Waals surface area contributed by atoms with Crippen molar-refractivity contribution in [2.24, 2.45) is 17.7 Å². The standard InChI is InChI=1S/C6H10Cl2N2/c1-3-5-4(2-10(3)9)6(5,7)8/h3-5H,2,9H2,1H3/t3-,4?,5?/m1/s1. The number of hydrazine groups is 1. The number of halogens is 2. The van der Waals surface area contributed by atoms with E-state index in [1.165, 1.54) is 0 Å². The van der Waals surface area contributed by atoms with Crippen LogP contribution in [0.25, 0.3) is 0 Å². The minimum atomic E-state index is -0.463. The number of alkyl halides is 2. The molecule has 1 aliphatic heterocycles. The van der Waals surface area contributed by atoms with Crippen molar-refractivity contribution in [3.63, 3.8) is 0 Å². The summed E-state index contributed by atoms with van der Waals surface area (Å²) < 4.78 is -0.463. The Kier molecular flexibility index (Phi) is 1.29. The van der Waals surface area contributed by atoms with Gasteiger partial charge >= 0.3 is 0 Å². The van der Waals surface area contributed by atoms with Crippen LogP contribution >= 0.6 is 23.2 Å². The lowest BCUT2D eigenvalue weighted by molar-refractivity contribution is 0.238. The predicted octanol–water partition coefficient (Wildman–Crippen LogP) is 0.984. The molecule has 3 atom stereocenters. The highest BCUT2D eigenvalue weighted by molar-refractivity contribution is 6.51. The van der Waals surface area contributed by atoms with Crippen molar-refractivity contribution in [1.82, 2.24) is 5.01 Å². The van der Waals surface area contributed by atoms with Crippen LogP contribution in [0.4, 0.5) is 0 Å². The Morgan fingerprint density at radius 3 is 2.50 bits per heavy atom. The Morgan fingerprint density at radius 1 is 1.60 bits per heavy atom. The first-order valence-corrected chi connectivity index (χ1v) is 4.20. The first-order chi connectivity index (χ1) is 4.55. The molecule has 4 heteroatoms. The zero-order valence-electron chi connectivity index (χ0n) is 5.72. The van der Waals surface area contributed by atoms with Gasteiger partial charge in [0, 0.05) is 24.4 Å². The van der Waals surface area contributed by atoms with Crippen LogP contribution < -0.4 is 5.84 Å². The van der Waals surface area contributed by atoms with Gasteiger partial charge < -0.3 is 0 Å². The van der Waals surface area contributed by atoms with Crippen molar-refractivity contribution in [1.29, 1.82) is 0 Å². The quantitative estimate of drug-likeness (QED) is 0.446. The van der Waals surface area contributed by atoms with Gasteiger partial charge in [0.15, 0.2) is 0 Å². The molecule has 2 N–H and O–H groups in total. The molecular weight excluding hydrogens is 171 g/mol. The van der Waals surface area contributed by atoms with E-state index in [-0.39, 0.29) is 0 Å². The summed E-state index contributed by atoms with van der Waals surface area (Å²) in [4.78, 5) is 0. The maximum Gasteiger partial charge on any atom is 0.127 e. The number of rotatable bonds is 0. The molecule has 2 rings (SSSR count). The van der Waals surface area contributed by atoms with E-state index in [1.54, 1.807) is 0 Å². The fourth-order valence-corrected chi connectivity index (χ4v) is 2.86. The third-order valence-electron chi connectivity index (χ3n) is 2.71. The fourth-order valence-electron chi connectivity index (χ4n) is 1.91. The van der Waals surface area contributed by atoms with E-state index < -0.39 is 4.33 Å². The number of fused-ring (bicyclic) bond motifs is 1. The maximum atomic E-state index is 5.95. The summed E-state index contributed by atoms with van der Waals surface area (Å²) in [5.74, 6) is 6.45. The summed E-state index contributed by atoms with van der Waals surface area (Å²) in [6.07, 6.45) is 0. The second-order valence-electron chi connectivity index (χ2n) is 3.24. The highest BCUT2D eigenvalue weighted by Gasteiger charge is 2.69. The summed E-state index contributed by atoms with van der Waals surface area (Å²) in [6.45, 7) is 2.91. The summed E-state index contributed by atoms with van der Waals surface area (Å²) in [6, 6.07) is 0.347. The topological polar surface area (TPSA) is 29.3 Å². The third kappa shape index (κ3) is 0.681. The van der Waals surface area contributed by atoms with Gasteiger partial charge in [0.05, 0.1) is 0 Å². The van der Waals surface area contributed by atoms with E-state index >= 15 is 0 Å². The highest BCUT2D eigenvalue weighted by atomic mass is 35.5. The lowest BCUT2D eigenvalue weighted by Gasteiger charge is -2.20. The molecule has 0 radical (unpaired) electrons. The molecule has 0 aromatic heterocycles. The first-order valence-electron chi connectivity index (χ1n) is 3.44. The molecule has 0 aromatic carbocycles. The Balaban J connectivity index is 2.13. The van der Waals surface area contributed by atoms with E-state index in [0.717, 1.165) is 6.54 Å². The van der Waals surface area contributed by atoms with E-state index in [0.29, 0.717) is 17.9 Å². The molecule has 10 heavy (non-hydrogen) atoms. The van der Waals surface area contributed by atoms with Gasteiger partial charge in [-0.2, -0.15) is 0 Å². The third-order valence-corrected chi connectivity index (χ3v) is 3.78. The first kappa shape index (κ1) is 7.17. The number of nitrogens with zero attached hydrogens (tertiary/aromatic N) is 1. The van der Waals surface area contributed by atoms with Gasteiger partial charge in [-0.3, -0.25) is 5.84 Å². The zero-order chi connectivity index (χ0) is 7.52. The lowest BCUT2D eigenvalue weighted by Crippen LogP contribution is -2.39. The zero-order valence-corrected chi connectivity index (χ0v) is 7.23. The minimum Gasteiger partial charge on any atom is -0.269 e. The Labute approximate surface area is 70.2 Å². The molecule has 0 bridgehead atoms. The molecule has 1 saturated heterocycles. The lowest BCUT2D eigenvalue weighted by atomic mass is 10.2. The van der Waals surface area contributed by atoms with Crippen LogP contribution in [0.3, 0.4) is 0 Å². The molecular formula is C6H10Cl2N2. The van der Waals surface area contributed by atoms with Crippen molar-refractivity contribution in [3.05, 3.63) is 0 Å². The molecule has 2 unspecified atom stereocenters. The van der Waals surface area contributed by atoms with Gasteiger partial charge in [0.1, 0.15) is 4.33 Å². The van der Waals surface area contributed by atoms with Crippen LogP contribution in [0.1, 0.15) is 6.92 Å². The smallest absolute Gasteiger partial charge is 0.127 e. The molecule has 0 aromatic rings. The van der Waals surface area contributed by atoms with Gasteiger partial charge in [-0.25, -0.2) is 5.01 Å². The molecule has 2 fully saturated rings. The Hall–Kier alpha value is 0.500. The van der Waals surface area contributed by atoms with Gasteiger partial charge in [0.25, 0.3) is 0 Å². The number of piperidine rings is 1. The van der Waals surface area contributed by atoms with Crippen molar-refractivity contribution in [2.45, 2.75) is 17.3 Å². The molecule has 58 valence electrons. The van der Waals surface area contributed by atoms with E-state index in [4.69, 9.17) is 29.0 Å². The van der Waals surface area contributed by atoms with Crippen molar-refractivity contribution in [3.8, 4) is 0 Å². The van der Waals surface area contributed by atoms with Crippen molar-refractivity contribution in [2.75, 3.05) is 6.54 Å². The summed E-state index contributed by atoms with van der Waals surface area (Å²) in [7, 11) is 0. The number of hydrogen-bond donors (Lipinski definition) is 1. The molecule has 0 amide bonds. The van der Waals surface area contributed by atoms with Crippen LogP contribution in [-0.4, -0.2) is 21.9 Å². The van der Waals surface area contributed by atoms with Gasteiger partial charge in [0.2, 0.25) is 0 Å². The highest BCUT2D eigenvalue weighted by Crippen LogP contribution is 2.64. The van der Waals surface area contributed by atoms with E-state index in [9.17, 15) is 0 Å². The minimum absolute atomic E-state index is 0.347. The Bertz CT molecular complexity index is 169. The summed E-state index contributed by atoms with van der Waals surface area (Å²) in [5.41, 5.74) is 0. The van der Waals surface area contributed by atoms with Gasteiger partial charge in [-0.1, -0.05) is 0 Å². The summed E-state index contributed by atoms with van der Waals surface area (Å²) >= 11 is 11.9. The summed E-state index contributed by atoms with van der Waals surface area (Å²) in [5, 5.41) is 1.82. The van der Waals surface area contributed by atoms with Crippen LogP contribution in [0.2, 0.25) is 0 Å². The molecule has 1 heterocycles. The number of hydrogen-bond acceptors (Lipinski definition) is 2. The van der Waals surface area contributed by atoms with Crippen LogP contribution in [-0.2, 0) is 0 Å². The number of nitrogens with two attached hydrogens (primary N) is 1. The van der Waals surface area contributed by atoms with Gasteiger partial charge in [-0.15, -0.1) is 23.2 Å². The van der Waals surface area contributed by atoms with E-state index in [2.05, 4.69) is 6.92 Å². The monoisotopic (exact) mass is 180 g/mol. The predicted molar refractivity (Wildman–Crippen MR) is 41.8 cm³/mol. The SMILES string of the molecule is C[C@@H]1C2C(CN1N)C2(Cl)Cl. The average molecular weight is 181 g/mol. The maximum absolute atomic E-state index is 5.95. The van der Waals surface area contributed by atoms with Crippen LogP contribution in [0, 0.1) is 11.8 Å². The molecule has 2 aliphatic rings. The van der Waals surface area contributed by atoms with Gasteiger partial charge in [-0.05, 0) is 6.92 Å². The molecule has 1 aliphatic carbocycles. The van der Waals surface area contributed by atoms with E-state index in [1.807, 2.05) is 5.01 Å². The average Bonchev–Trinajstić information content (AvgIpc) is 2.12. The fraction of sp³-hybridized carbons (Fsp3) is 1.00. The van der Waals surface area contributed by atoms with Crippen LogP contribution in [0.5, 0.6) is 0 Å². The second kappa shape index (κ2) is 1.81. The molecule has 2 nitrogen and oxygen atoms in total. The Morgan fingerprint density at radius 2 is 2.20 bits per heavy atom. The molecule has 1 saturated carbocycles. The largest absolute Gasteiger partial charge is 0.269 e. The second-order valence-corrected chi connectivity index (χ2v) is 4.69.